The van der Waals surface area contributed by atoms with Crippen molar-refractivity contribution in [2.45, 2.75) is 51.8 Å². The van der Waals surface area contributed by atoms with E-state index in [1.165, 1.54) is 0 Å². The van der Waals surface area contributed by atoms with Gasteiger partial charge in [0.1, 0.15) is 0 Å². The number of hydrogen-bond donors (Lipinski definition) is 2. The molecule has 0 radical (unpaired) electrons. The molecule has 3 unspecified atom stereocenters. The van der Waals surface area contributed by atoms with Crippen LogP contribution in [0.25, 0.3) is 0 Å². The van der Waals surface area contributed by atoms with Gasteiger partial charge in [-0.25, -0.2) is 0 Å². The van der Waals surface area contributed by atoms with Crippen LogP contribution in [0.1, 0.15) is 46.0 Å². The number of anilines is 1. The highest BCUT2D eigenvalue weighted by Gasteiger charge is 2.38. The van der Waals surface area contributed by atoms with Gasteiger partial charge in [0, 0.05) is 6.61 Å². The molecule has 0 aliphatic carbocycles. The Labute approximate surface area is 107 Å². The maximum Gasteiger partial charge on any atom is 0.316 e. The summed E-state index contributed by atoms with van der Waals surface area (Å²) < 4.78 is 11.2. The number of ether oxygens (including phenoxy) is 1. The fourth-order valence-electron chi connectivity index (χ4n) is 2.10. The van der Waals surface area contributed by atoms with Crippen molar-refractivity contribution in [2.24, 2.45) is 0 Å². The molecular weight excluding hydrogens is 232 g/mol. The van der Waals surface area contributed by atoms with Gasteiger partial charge in [-0.3, -0.25) is 0 Å². The molecule has 102 valence electrons. The second-order valence-electron chi connectivity index (χ2n) is 5.03. The summed E-state index contributed by atoms with van der Waals surface area (Å²) in [7, 11) is 0. The van der Waals surface area contributed by atoms with E-state index >= 15 is 0 Å². The fraction of sp³-hybridized carbons (Fsp3) is 0.833. The van der Waals surface area contributed by atoms with Crippen LogP contribution in [0.15, 0.2) is 4.42 Å². The largest absolute Gasteiger partial charge is 0.406 e. The molecular formula is C12H22N4O2. The van der Waals surface area contributed by atoms with Gasteiger partial charge >= 0.3 is 6.01 Å². The monoisotopic (exact) mass is 254 g/mol. The number of nitrogens with one attached hydrogen (secondary N) is 2. The minimum absolute atomic E-state index is 0.0723. The molecule has 1 saturated heterocycles. The molecule has 1 aliphatic rings. The van der Waals surface area contributed by atoms with Crippen LogP contribution in [0.5, 0.6) is 0 Å². The lowest BCUT2D eigenvalue weighted by Crippen LogP contribution is -2.41. The van der Waals surface area contributed by atoms with Gasteiger partial charge in [-0.2, -0.15) is 0 Å². The number of nitrogens with zero attached hydrogens (tertiary/aromatic N) is 2. The van der Waals surface area contributed by atoms with Crippen LogP contribution in [0.3, 0.4) is 0 Å². The highest BCUT2D eigenvalue weighted by molar-refractivity contribution is 5.26. The topological polar surface area (TPSA) is 72.2 Å². The molecule has 0 aromatic carbocycles. The molecule has 0 bridgehead atoms. The maximum atomic E-state index is 5.62. The molecule has 3 atom stereocenters. The molecule has 2 rings (SSSR count). The summed E-state index contributed by atoms with van der Waals surface area (Å²) in [5.41, 5.74) is -0.134. The van der Waals surface area contributed by atoms with Crippen LogP contribution in [0.2, 0.25) is 0 Å². The molecule has 1 aromatic rings. The quantitative estimate of drug-likeness (QED) is 0.833. The lowest BCUT2D eigenvalue weighted by molar-refractivity contribution is 0.104. The zero-order valence-corrected chi connectivity index (χ0v) is 11.5. The van der Waals surface area contributed by atoms with Crippen LogP contribution < -0.4 is 10.6 Å². The predicted molar refractivity (Wildman–Crippen MR) is 68.4 cm³/mol. The van der Waals surface area contributed by atoms with Gasteiger partial charge in [-0.1, -0.05) is 12.0 Å². The van der Waals surface area contributed by atoms with E-state index in [2.05, 4.69) is 34.7 Å². The van der Waals surface area contributed by atoms with E-state index in [4.69, 9.17) is 9.15 Å². The summed E-state index contributed by atoms with van der Waals surface area (Å²) in [4.78, 5) is 0. The Balaban J connectivity index is 2.02. The average molecular weight is 254 g/mol. The normalized spacial score (nSPS) is 29.4. The first-order chi connectivity index (χ1) is 8.55. The summed E-state index contributed by atoms with van der Waals surface area (Å²) in [5, 5.41) is 14.6. The molecule has 0 spiro atoms. The van der Waals surface area contributed by atoms with Gasteiger partial charge < -0.3 is 19.8 Å². The van der Waals surface area contributed by atoms with E-state index in [0.717, 1.165) is 19.6 Å². The second kappa shape index (κ2) is 5.24. The molecule has 2 N–H and O–H groups in total. The van der Waals surface area contributed by atoms with Crippen molar-refractivity contribution in [3.05, 3.63) is 5.89 Å². The van der Waals surface area contributed by atoms with E-state index in [-0.39, 0.29) is 17.7 Å². The van der Waals surface area contributed by atoms with Crippen LogP contribution in [-0.2, 0) is 4.74 Å². The average Bonchev–Trinajstić information content (AvgIpc) is 2.89. The molecule has 18 heavy (non-hydrogen) atoms. The van der Waals surface area contributed by atoms with Crippen molar-refractivity contribution in [3.8, 4) is 0 Å². The van der Waals surface area contributed by atoms with E-state index in [1.807, 2.05) is 13.8 Å². The SMILES string of the molecule is CCNC(C)c1nnc(NC2(C)CCOC2C)o1. The number of aromatic nitrogens is 2. The third-order valence-electron chi connectivity index (χ3n) is 3.60. The van der Waals surface area contributed by atoms with E-state index in [0.29, 0.717) is 11.9 Å². The van der Waals surface area contributed by atoms with Crippen molar-refractivity contribution in [1.29, 1.82) is 0 Å². The van der Waals surface area contributed by atoms with Crippen molar-refractivity contribution < 1.29 is 9.15 Å². The molecule has 1 aliphatic heterocycles. The van der Waals surface area contributed by atoms with E-state index in [9.17, 15) is 0 Å². The van der Waals surface area contributed by atoms with Crippen molar-refractivity contribution in [3.63, 3.8) is 0 Å². The fourth-order valence-corrected chi connectivity index (χ4v) is 2.10. The van der Waals surface area contributed by atoms with Crippen LogP contribution in [-0.4, -0.2) is 35.0 Å². The summed E-state index contributed by atoms with van der Waals surface area (Å²) in [6.45, 7) is 9.85. The lowest BCUT2D eigenvalue weighted by Gasteiger charge is -2.27. The first kappa shape index (κ1) is 13.3. The Morgan fingerprint density at radius 3 is 2.89 bits per heavy atom. The minimum atomic E-state index is -0.134. The van der Waals surface area contributed by atoms with Crippen molar-refractivity contribution >= 4 is 6.01 Å². The number of hydrogen-bond acceptors (Lipinski definition) is 6. The van der Waals surface area contributed by atoms with Crippen LogP contribution >= 0.6 is 0 Å². The molecule has 6 heteroatoms. The van der Waals surface area contributed by atoms with Gasteiger partial charge in [0.25, 0.3) is 0 Å². The first-order valence-corrected chi connectivity index (χ1v) is 6.51. The zero-order valence-electron chi connectivity index (χ0n) is 11.5. The van der Waals surface area contributed by atoms with E-state index < -0.39 is 0 Å². The Bertz CT molecular complexity index is 395. The van der Waals surface area contributed by atoms with Crippen molar-refractivity contribution in [2.75, 3.05) is 18.5 Å². The van der Waals surface area contributed by atoms with Gasteiger partial charge in [-0.05, 0) is 33.7 Å². The maximum absolute atomic E-state index is 5.62. The van der Waals surface area contributed by atoms with Crippen LogP contribution in [0.4, 0.5) is 6.01 Å². The first-order valence-electron chi connectivity index (χ1n) is 6.51. The standard InChI is InChI=1S/C12H22N4O2/c1-5-13-8(2)10-15-16-11(18-10)14-12(4)6-7-17-9(12)3/h8-9,13H,5-7H2,1-4H3,(H,14,16). The molecule has 0 saturated carbocycles. The third kappa shape index (κ3) is 2.64. The highest BCUT2D eigenvalue weighted by Crippen LogP contribution is 2.29. The second-order valence-corrected chi connectivity index (χ2v) is 5.03. The number of rotatable bonds is 5. The van der Waals surface area contributed by atoms with Gasteiger partial charge in [0.05, 0.1) is 17.7 Å². The minimum Gasteiger partial charge on any atom is -0.406 e. The Morgan fingerprint density at radius 1 is 1.50 bits per heavy atom. The van der Waals surface area contributed by atoms with Crippen molar-refractivity contribution in [1.82, 2.24) is 15.5 Å². The molecule has 1 fully saturated rings. The highest BCUT2D eigenvalue weighted by atomic mass is 16.5. The smallest absolute Gasteiger partial charge is 0.316 e. The Morgan fingerprint density at radius 2 is 2.28 bits per heavy atom. The van der Waals surface area contributed by atoms with Crippen LogP contribution in [0, 0.1) is 0 Å². The Kier molecular flexibility index (Phi) is 3.87. The summed E-state index contributed by atoms with van der Waals surface area (Å²) in [6, 6.07) is 0.540. The van der Waals surface area contributed by atoms with Gasteiger partial charge in [-0.15, -0.1) is 5.10 Å². The summed E-state index contributed by atoms with van der Waals surface area (Å²) in [6.07, 6.45) is 1.08. The van der Waals surface area contributed by atoms with Gasteiger partial charge in [0.2, 0.25) is 5.89 Å². The summed E-state index contributed by atoms with van der Waals surface area (Å²) >= 11 is 0. The van der Waals surface area contributed by atoms with Gasteiger partial charge in [0.15, 0.2) is 0 Å². The third-order valence-corrected chi connectivity index (χ3v) is 3.60. The lowest BCUT2D eigenvalue weighted by atomic mass is 9.95. The molecule has 0 amide bonds. The molecule has 6 nitrogen and oxygen atoms in total. The van der Waals surface area contributed by atoms with E-state index in [1.54, 1.807) is 0 Å². The predicted octanol–water partition coefficient (Wildman–Crippen LogP) is 1.72. The summed E-state index contributed by atoms with van der Waals surface area (Å²) in [5.74, 6) is 0.606. The Hall–Kier alpha value is -1.14. The molecule has 1 aromatic heterocycles. The molecule has 2 heterocycles. The zero-order chi connectivity index (χ0) is 13.2.